The summed E-state index contributed by atoms with van der Waals surface area (Å²) in [4.78, 5) is 14.6. The number of urea groups is 1. The predicted octanol–water partition coefficient (Wildman–Crippen LogP) is 3.48. The van der Waals surface area contributed by atoms with Gasteiger partial charge in [0.05, 0.1) is 11.4 Å². The number of carbonyl (C=O) groups is 1. The Morgan fingerprint density at radius 2 is 2.21 bits per heavy atom. The molecule has 19 heavy (non-hydrogen) atoms. The molecular weight excluding hydrogens is 258 g/mol. The topological polar surface area (TPSA) is 58.4 Å². The van der Waals surface area contributed by atoms with Crippen molar-refractivity contribution in [1.29, 1.82) is 0 Å². The zero-order valence-electron chi connectivity index (χ0n) is 11.0. The Bertz CT molecular complexity index is 566. The Balaban J connectivity index is 2.25. The largest absolute Gasteiger partial charge is 0.397 e. The van der Waals surface area contributed by atoms with Crippen LogP contribution >= 0.6 is 11.3 Å². The molecule has 0 bridgehead atoms. The van der Waals surface area contributed by atoms with E-state index >= 15 is 0 Å². The second-order valence-electron chi connectivity index (χ2n) is 4.22. The number of nitrogens with one attached hydrogen (secondary N) is 1. The van der Waals surface area contributed by atoms with Crippen molar-refractivity contribution in [1.82, 2.24) is 4.90 Å². The average Bonchev–Trinajstić information content (AvgIpc) is 2.94. The fourth-order valence-electron chi connectivity index (χ4n) is 1.61. The van der Waals surface area contributed by atoms with Crippen LogP contribution in [0, 0.1) is 0 Å². The van der Waals surface area contributed by atoms with E-state index in [0.29, 0.717) is 17.9 Å². The lowest BCUT2D eigenvalue weighted by atomic mass is 10.1. The lowest BCUT2D eigenvalue weighted by Crippen LogP contribution is -2.31. The number of nitrogens with two attached hydrogens (primary N) is 1. The highest BCUT2D eigenvalue weighted by molar-refractivity contribution is 7.13. The standard InChI is InChI=1S/C14H17N3OS/c1-3-17(2)14(18)16-12-9-10(6-7-11(12)15)13-5-4-8-19-13/h4-9H,3,15H2,1-2H3,(H,16,18). The molecule has 2 rings (SSSR count). The van der Waals surface area contributed by atoms with Crippen molar-refractivity contribution in [3.63, 3.8) is 0 Å². The third-order valence-corrected chi connectivity index (χ3v) is 3.84. The molecule has 0 atom stereocenters. The van der Waals surface area contributed by atoms with Crippen molar-refractivity contribution in [3.8, 4) is 10.4 Å². The first-order chi connectivity index (χ1) is 9.11. The quantitative estimate of drug-likeness (QED) is 0.842. The first-order valence-electron chi connectivity index (χ1n) is 6.07. The molecule has 0 radical (unpaired) electrons. The van der Waals surface area contributed by atoms with Crippen LogP contribution in [0.4, 0.5) is 16.2 Å². The minimum atomic E-state index is -0.155. The van der Waals surface area contributed by atoms with Gasteiger partial charge in [-0.3, -0.25) is 0 Å². The van der Waals surface area contributed by atoms with Crippen molar-refractivity contribution in [3.05, 3.63) is 35.7 Å². The molecule has 0 saturated heterocycles. The number of amides is 2. The van der Waals surface area contributed by atoms with Crippen molar-refractivity contribution in [2.45, 2.75) is 6.92 Å². The molecule has 0 spiro atoms. The molecule has 0 aliphatic heterocycles. The number of carbonyl (C=O) groups excluding carboxylic acids is 1. The fourth-order valence-corrected chi connectivity index (χ4v) is 2.34. The summed E-state index contributed by atoms with van der Waals surface area (Å²) in [7, 11) is 1.74. The van der Waals surface area contributed by atoms with Gasteiger partial charge in [0.2, 0.25) is 0 Å². The van der Waals surface area contributed by atoms with E-state index in [1.165, 1.54) is 0 Å². The molecule has 0 aliphatic rings. The maximum Gasteiger partial charge on any atom is 0.321 e. The molecule has 3 N–H and O–H groups in total. The van der Waals surface area contributed by atoms with Gasteiger partial charge < -0.3 is 16.0 Å². The summed E-state index contributed by atoms with van der Waals surface area (Å²) < 4.78 is 0. The average molecular weight is 275 g/mol. The number of benzene rings is 1. The molecule has 0 aliphatic carbocycles. The van der Waals surface area contributed by atoms with Gasteiger partial charge in [0.25, 0.3) is 0 Å². The lowest BCUT2D eigenvalue weighted by molar-refractivity contribution is 0.224. The third kappa shape index (κ3) is 3.06. The monoisotopic (exact) mass is 275 g/mol. The number of nitrogens with zero attached hydrogens (tertiary/aromatic N) is 1. The van der Waals surface area contributed by atoms with Crippen molar-refractivity contribution in [2.24, 2.45) is 0 Å². The van der Waals surface area contributed by atoms with Crippen molar-refractivity contribution >= 4 is 28.7 Å². The van der Waals surface area contributed by atoms with Gasteiger partial charge in [-0.05, 0) is 36.1 Å². The van der Waals surface area contributed by atoms with E-state index in [0.717, 1.165) is 10.4 Å². The van der Waals surface area contributed by atoms with Gasteiger partial charge in [-0.25, -0.2) is 4.79 Å². The van der Waals surface area contributed by atoms with Gasteiger partial charge in [0.15, 0.2) is 0 Å². The van der Waals surface area contributed by atoms with Crippen LogP contribution in [-0.4, -0.2) is 24.5 Å². The van der Waals surface area contributed by atoms with Crippen LogP contribution in [0.15, 0.2) is 35.7 Å². The van der Waals surface area contributed by atoms with E-state index in [9.17, 15) is 4.79 Å². The summed E-state index contributed by atoms with van der Waals surface area (Å²) in [5.74, 6) is 0. The van der Waals surface area contributed by atoms with Gasteiger partial charge in [0, 0.05) is 18.5 Å². The molecule has 0 unspecified atom stereocenters. The van der Waals surface area contributed by atoms with Gasteiger partial charge in [-0.1, -0.05) is 12.1 Å². The molecule has 2 aromatic rings. The first-order valence-corrected chi connectivity index (χ1v) is 6.95. The molecule has 1 aromatic heterocycles. The van der Waals surface area contributed by atoms with Crippen LogP contribution < -0.4 is 11.1 Å². The summed E-state index contributed by atoms with van der Waals surface area (Å²) in [6, 6.07) is 9.57. The number of hydrogen-bond acceptors (Lipinski definition) is 3. The Morgan fingerprint density at radius 1 is 1.42 bits per heavy atom. The number of hydrogen-bond donors (Lipinski definition) is 2. The van der Waals surface area contributed by atoms with Crippen LogP contribution in [0.3, 0.4) is 0 Å². The zero-order valence-corrected chi connectivity index (χ0v) is 11.8. The van der Waals surface area contributed by atoms with Gasteiger partial charge in [-0.2, -0.15) is 0 Å². The van der Waals surface area contributed by atoms with E-state index in [-0.39, 0.29) is 6.03 Å². The number of anilines is 2. The molecule has 1 heterocycles. The van der Waals surface area contributed by atoms with Crippen molar-refractivity contribution in [2.75, 3.05) is 24.6 Å². The van der Waals surface area contributed by atoms with Gasteiger partial charge in [0.1, 0.15) is 0 Å². The summed E-state index contributed by atoms with van der Waals surface area (Å²) in [5.41, 5.74) is 8.17. The second kappa shape index (κ2) is 5.75. The van der Waals surface area contributed by atoms with E-state index in [1.807, 2.05) is 42.6 Å². The van der Waals surface area contributed by atoms with Crippen molar-refractivity contribution < 1.29 is 4.79 Å². The Kier molecular flexibility index (Phi) is 4.06. The molecule has 100 valence electrons. The number of nitrogen functional groups attached to an aromatic ring is 1. The van der Waals surface area contributed by atoms with Crippen LogP contribution in [-0.2, 0) is 0 Å². The van der Waals surface area contributed by atoms with E-state index in [4.69, 9.17) is 5.73 Å². The maximum absolute atomic E-state index is 11.9. The molecule has 0 fully saturated rings. The third-order valence-electron chi connectivity index (χ3n) is 2.92. The van der Waals surface area contributed by atoms with Crippen LogP contribution in [0.1, 0.15) is 6.92 Å². The lowest BCUT2D eigenvalue weighted by Gasteiger charge is -2.17. The van der Waals surface area contributed by atoms with Crippen LogP contribution in [0.25, 0.3) is 10.4 Å². The highest BCUT2D eigenvalue weighted by Crippen LogP contribution is 2.30. The smallest absolute Gasteiger partial charge is 0.321 e. The Labute approximate surface area is 116 Å². The maximum atomic E-state index is 11.9. The Morgan fingerprint density at radius 3 is 2.84 bits per heavy atom. The molecular formula is C14H17N3OS. The minimum Gasteiger partial charge on any atom is -0.397 e. The second-order valence-corrected chi connectivity index (χ2v) is 5.17. The molecule has 4 nitrogen and oxygen atoms in total. The zero-order chi connectivity index (χ0) is 13.8. The van der Waals surface area contributed by atoms with Gasteiger partial charge in [-0.15, -0.1) is 11.3 Å². The van der Waals surface area contributed by atoms with E-state index in [1.54, 1.807) is 23.3 Å². The predicted molar refractivity (Wildman–Crippen MR) is 81.5 cm³/mol. The molecule has 0 saturated carbocycles. The normalized spacial score (nSPS) is 10.2. The summed E-state index contributed by atoms with van der Waals surface area (Å²) in [6.45, 7) is 2.57. The summed E-state index contributed by atoms with van der Waals surface area (Å²) >= 11 is 1.66. The number of thiophene rings is 1. The summed E-state index contributed by atoms with van der Waals surface area (Å²) in [5, 5.41) is 4.85. The minimum absolute atomic E-state index is 0.155. The molecule has 1 aromatic carbocycles. The molecule has 2 amide bonds. The summed E-state index contributed by atoms with van der Waals surface area (Å²) in [6.07, 6.45) is 0. The highest BCUT2D eigenvalue weighted by Gasteiger charge is 2.10. The van der Waals surface area contributed by atoms with E-state index in [2.05, 4.69) is 5.32 Å². The van der Waals surface area contributed by atoms with Crippen LogP contribution in [0.2, 0.25) is 0 Å². The fraction of sp³-hybridized carbons (Fsp3) is 0.214. The highest BCUT2D eigenvalue weighted by atomic mass is 32.1. The van der Waals surface area contributed by atoms with E-state index < -0.39 is 0 Å². The molecule has 5 heteroatoms. The first kappa shape index (κ1) is 13.4. The Hall–Kier alpha value is -2.01. The SMILES string of the molecule is CCN(C)C(=O)Nc1cc(-c2cccs2)ccc1N. The van der Waals surface area contributed by atoms with Crippen LogP contribution in [0.5, 0.6) is 0 Å². The van der Waals surface area contributed by atoms with Gasteiger partial charge >= 0.3 is 6.03 Å². The number of rotatable bonds is 3.